The van der Waals surface area contributed by atoms with Crippen molar-refractivity contribution in [3.8, 4) is 0 Å². The maximum absolute atomic E-state index is 11.1. The number of aromatic carboxylic acids is 1. The van der Waals surface area contributed by atoms with Gasteiger partial charge in [0.15, 0.2) is 0 Å². The first-order valence-corrected chi connectivity index (χ1v) is 8.42. The van der Waals surface area contributed by atoms with Crippen LogP contribution in [0.1, 0.15) is 42.2 Å². The highest BCUT2D eigenvalue weighted by Gasteiger charge is 2.10. The van der Waals surface area contributed by atoms with Crippen LogP contribution >= 0.6 is 0 Å². The van der Waals surface area contributed by atoms with Crippen LogP contribution in [0.4, 0.5) is 5.82 Å². The standard InChI is InChI=1S/C13H20N2O4S/c1-9(2)11-7-10(13(16)17)8-12(15-11)14-5-4-6-20(3,18)19/h7-9H,4-6H2,1-3H3,(H,14,15)(H,16,17). The lowest BCUT2D eigenvalue weighted by atomic mass is 10.1. The van der Waals surface area contributed by atoms with E-state index in [9.17, 15) is 13.2 Å². The zero-order chi connectivity index (χ0) is 15.3. The van der Waals surface area contributed by atoms with Crippen molar-refractivity contribution in [2.45, 2.75) is 26.2 Å². The van der Waals surface area contributed by atoms with E-state index in [0.717, 1.165) is 0 Å². The van der Waals surface area contributed by atoms with Gasteiger partial charge >= 0.3 is 5.97 Å². The van der Waals surface area contributed by atoms with Crippen molar-refractivity contribution in [3.05, 3.63) is 23.4 Å². The number of carboxylic acid groups (broad SMARTS) is 1. The number of sulfone groups is 1. The van der Waals surface area contributed by atoms with Crippen LogP contribution in [0.2, 0.25) is 0 Å². The third-order valence-electron chi connectivity index (χ3n) is 2.68. The Morgan fingerprint density at radius 2 is 2.05 bits per heavy atom. The fraction of sp³-hybridized carbons (Fsp3) is 0.538. The molecule has 0 aliphatic carbocycles. The van der Waals surface area contributed by atoms with Crippen LogP contribution in [0.25, 0.3) is 0 Å². The predicted octanol–water partition coefficient (Wildman–Crippen LogP) is 1.75. The monoisotopic (exact) mass is 300 g/mol. The fourth-order valence-corrected chi connectivity index (χ4v) is 2.28. The minimum atomic E-state index is -2.98. The zero-order valence-corrected chi connectivity index (χ0v) is 12.7. The Labute approximate surface area is 119 Å². The second-order valence-electron chi connectivity index (χ2n) is 5.04. The molecule has 0 aliphatic rings. The molecule has 112 valence electrons. The van der Waals surface area contributed by atoms with E-state index in [0.29, 0.717) is 24.5 Å². The molecular weight excluding hydrogens is 280 g/mol. The van der Waals surface area contributed by atoms with E-state index < -0.39 is 15.8 Å². The largest absolute Gasteiger partial charge is 0.478 e. The van der Waals surface area contributed by atoms with E-state index in [4.69, 9.17) is 5.11 Å². The van der Waals surface area contributed by atoms with Crippen molar-refractivity contribution < 1.29 is 18.3 Å². The van der Waals surface area contributed by atoms with Crippen LogP contribution in [0.15, 0.2) is 12.1 Å². The van der Waals surface area contributed by atoms with Gasteiger partial charge in [-0.2, -0.15) is 0 Å². The van der Waals surface area contributed by atoms with Crippen molar-refractivity contribution >= 4 is 21.6 Å². The van der Waals surface area contributed by atoms with E-state index in [1.54, 1.807) is 6.07 Å². The van der Waals surface area contributed by atoms with Gasteiger partial charge in [-0.1, -0.05) is 13.8 Å². The van der Waals surface area contributed by atoms with Crippen molar-refractivity contribution in [3.63, 3.8) is 0 Å². The predicted molar refractivity (Wildman–Crippen MR) is 78.1 cm³/mol. The molecule has 0 radical (unpaired) electrons. The second kappa shape index (κ2) is 6.69. The minimum Gasteiger partial charge on any atom is -0.478 e. The maximum Gasteiger partial charge on any atom is 0.335 e. The van der Waals surface area contributed by atoms with Gasteiger partial charge < -0.3 is 10.4 Å². The average Bonchev–Trinajstić information content (AvgIpc) is 2.33. The number of hydrogen-bond acceptors (Lipinski definition) is 5. The highest BCUT2D eigenvalue weighted by atomic mass is 32.2. The van der Waals surface area contributed by atoms with Gasteiger partial charge in [-0.25, -0.2) is 18.2 Å². The molecular formula is C13H20N2O4S. The molecule has 0 spiro atoms. The van der Waals surface area contributed by atoms with Gasteiger partial charge in [-0.05, 0) is 24.5 Å². The summed E-state index contributed by atoms with van der Waals surface area (Å²) in [5.74, 6) is -0.336. The van der Waals surface area contributed by atoms with E-state index in [1.807, 2.05) is 13.8 Å². The maximum atomic E-state index is 11.1. The molecule has 0 atom stereocenters. The summed E-state index contributed by atoms with van der Waals surface area (Å²) in [5.41, 5.74) is 0.866. The van der Waals surface area contributed by atoms with Crippen LogP contribution < -0.4 is 5.32 Å². The lowest BCUT2D eigenvalue weighted by Crippen LogP contribution is -2.12. The number of carboxylic acids is 1. The summed E-state index contributed by atoms with van der Waals surface area (Å²) < 4.78 is 22.0. The van der Waals surface area contributed by atoms with Crippen molar-refractivity contribution in [1.29, 1.82) is 0 Å². The number of aromatic nitrogens is 1. The molecule has 0 fully saturated rings. The molecule has 6 nitrogen and oxygen atoms in total. The Morgan fingerprint density at radius 3 is 2.55 bits per heavy atom. The number of nitrogens with one attached hydrogen (secondary N) is 1. The van der Waals surface area contributed by atoms with E-state index in [2.05, 4.69) is 10.3 Å². The van der Waals surface area contributed by atoms with E-state index >= 15 is 0 Å². The number of pyridine rings is 1. The second-order valence-corrected chi connectivity index (χ2v) is 7.30. The SMILES string of the molecule is CC(C)c1cc(C(=O)O)cc(NCCCS(C)(=O)=O)n1. The molecule has 0 saturated heterocycles. The lowest BCUT2D eigenvalue weighted by molar-refractivity contribution is 0.0696. The van der Waals surface area contributed by atoms with Gasteiger partial charge in [0.25, 0.3) is 0 Å². The van der Waals surface area contributed by atoms with Crippen LogP contribution in [-0.4, -0.2) is 43.0 Å². The lowest BCUT2D eigenvalue weighted by Gasteiger charge is -2.11. The molecule has 1 aromatic rings. The molecule has 0 amide bonds. The third kappa shape index (κ3) is 5.56. The molecule has 2 N–H and O–H groups in total. The van der Waals surface area contributed by atoms with Gasteiger partial charge in [0.05, 0.1) is 11.3 Å². The highest BCUT2D eigenvalue weighted by molar-refractivity contribution is 7.90. The first-order valence-electron chi connectivity index (χ1n) is 6.36. The van der Waals surface area contributed by atoms with Crippen LogP contribution in [0.5, 0.6) is 0 Å². The Balaban J connectivity index is 2.76. The first kappa shape index (κ1) is 16.4. The van der Waals surface area contributed by atoms with Crippen molar-refractivity contribution in [2.24, 2.45) is 0 Å². The van der Waals surface area contributed by atoms with Gasteiger partial charge in [-0.3, -0.25) is 0 Å². The summed E-state index contributed by atoms with van der Waals surface area (Å²) in [7, 11) is -2.98. The molecule has 7 heteroatoms. The number of rotatable bonds is 7. The highest BCUT2D eigenvalue weighted by Crippen LogP contribution is 2.17. The van der Waals surface area contributed by atoms with Gasteiger partial charge in [0.2, 0.25) is 0 Å². The van der Waals surface area contributed by atoms with Crippen LogP contribution in [0.3, 0.4) is 0 Å². The zero-order valence-electron chi connectivity index (χ0n) is 11.9. The van der Waals surface area contributed by atoms with Gasteiger partial charge in [-0.15, -0.1) is 0 Å². The Hall–Kier alpha value is -1.63. The molecule has 0 saturated carbocycles. The third-order valence-corrected chi connectivity index (χ3v) is 3.71. The molecule has 0 unspecified atom stereocenters. The van der Waals surface area contributed by atoms with E-state index in [1.165, 1.54) is 12.3 Å². The summed E-state index contributed by atoms with van der Waals surface area (Å²) in [6, 6.07) is 3.00. The number of nitrogens with zero attached hydrogens (tertiary/aromatic N) is 1. The fourth-order valence-electron chi connectivity index (χ4n) is 1.61. The summed E-state index contributed by atoms with van der Waals surface area (Å²) >= 11 is 0. The average molecular weight is 300 g/mol. The van der Waals surface area contributed by atoms with Crippen LogP contribution in [0, 0.1) is 0 Å². The van der Waals surface area contributed by atoms with Crippen molar-refractivity contribution in [1.82, 2.24) is 4.98 Å². The first-order chi connectivity index (χ1) is 9.19. The molecule has 1 aromatic heterocycles. The van der Waals surface area contributed by atoms with Gasteiger partial charge in [0.1, 0.15) is 15.7 Å². The molecule has 1 rings (SSSR count). The molecule has 0 bridgehead atoms. The summed E-state index contributed by atoms with van der Waals surface area (Å²) in [6.07, 6.45) is 1.64. The summed E-state index contributed by atoms with van der Waals surface area (Å²) in [4.78, 5) is 15.4. The summed E-state index contributed by atoms with van der Waals surface area (Å²) in [6.45, 7) is 4.30. The van der Waals surface area contributed by atoms with E-state index in [-0.39, 0.29) is 17.2 Å². The van der Waals surface area contributed by atoms with Gasteiger partial charge in [0, 0.05) is 18.5 Å². The molecule has 1 heterocycles. The quantitative estimate of drug-likeness (QED) is 0.745. The Bertz CT molecular complexity index is 582. The van der Waals surface area contributed by atoms with Crippen LogP contribution in [-0.2, 0) is 9.84 Å². The smallest absolute Gasteiger partial charge is 0.335 e. The number of carbonyl (C=O) groups is 1. The topological polar surface area (TPSA) is 96.4 Å². The molecule has 0 aromatic carbocycles. The number of hydrogen-bond donors (Lipinski definition) is 2. The minimum absolute atomic E-state index is 0.0929. The molecule has 0 aliphatic heterocycles. The summed E-state index contributed by atoms with van der Waals surface area (Å²) in [5, 5.41) is 12.0. The Kier molecular flexibility index (Phi) is 5.50. The molecule has 20 heavy (non-hydrogen) atoms. The normalized spacial score (nSPS) is 11.6. The van der Waals surface area contributed by atoms with Crippen molar-refractivity contribution in [2.75, 3.05) is 23.9 Å². The number of anilines is 1. The Morgan fingerprint density at radius 1 is 1.40 bits per heavy atom.